The third-order valence-electron chi connectivity index (χ3n) is 6.49. The maximum Gasteiger partial charge on any atom is 0.410 e. The first-order valence-electron chi connectivity index (χ1n) is 10.1. The standard InChI is InChI=1S/C25H25NO2/c1-16(2)17-13-18-11-12-19(14-17)26(18)25(27)28-15-24-22-9-5-3-7-20(22)21-8-4-6-10-23(21)24/h3-10,13,18-19,24H,1,11-12,14-15H2,2H3. The van der Waals surface area contributed by atoms with Crippen molar-refractivity contribution < 1.29 is 9.53 Å². The molecule has 1 fully saturated rings. The van der Waals surface area contributed by atoms with Crippen LogP contribution in [0.1, 0.15) is 43.2 Å². The number of benzene rings is 2. The number of ether oxygens (including phenoxy) is 1. The fourth-order valence-electron chi connectivity index (χ4n) is 5.10. The first-order valence-corrected chi connectivity index (χ1v) is 10.1. The van der Waals surface area contributed by atoms with Gasteiger partial charge in [0.05, 0.1) is 6.04 Å². The van der Waals surface area contributed by atoms with Crippen molar-refractivity contribution in [2.24, 2.45) is 0 Å². The third kappa shape index (κ3) is 2.69. The Morgan fingerprint density at radius 1 is 1.07 bits per heavy atom. The summed E-state index contributed by atoms with van der Waals surface area (Å²) in [5.41, 5.74) is 7.43. The van der Waals surface area contributed by atoms with Gasteiger partial charge in [-0.05, 0) is 54.0 Å². The lowest BCUT2D eigenvalue weighted by Crippen LogP contribution is -2.43. The van der Waals surface area contributed by atoms with Crippen LogP contribution in [0.15, 0.2) is 72.3 Å². The van der Waals surface area contributed by atoms with Crippen LogP contribution in [0.4, 0.5) is 4.79 Å². The third-order valence-corrected chi connectivity index (χ3v) is 6.49. The number of carbonyl (C=O) groups is 1. The van der Waals surface area contributed by atoms with Gasteiger partial charge in [0.1, 0.15) is 6.61 Å². The van der Waals surface area contributed by atoms with Crippen molar-refractivity contribution in [2.45, 2.75) is 44.2 Å². The van der Waals surface area contributed by atoms with E-state index in [1.807, 2.05) is 11.8 Å². The number of hydrogen-bond donors (Lipinski definition) is 0. The summed E-state index contributed by atoms with van der Waals surface area (Å²) in [6.07, 6.45) is 5.00. The molecule has 28 heavy (non-hydrogen) atoms. The Balaban J connectivity index is 1.35. The second kappa shape index (κ2) is 6.66. The Labute approximate surface area is 166 Å². The number of allylic oxidation sites excluding steroid dienone is 1. The Kier molecular flexibility index (Phi) is 4.12. The Morgan fingerprint density at radius 3 is 2.32 bits per heavy atom. The van der Waals surface area contributed by atoms with Gasteiger partial charge in [-0.2, -0.15) is 0 Å². The molecule has 2 aromatic carbocycles. The molecule has 2 unspecified atom stereocenters. The van der Waals surface area contributed by atoms with Gasteiger partial charge in [-0.1, -0.05) is 66.8 Å². The van der Waals surface area contributed by atoms with Gasteiger partial charge >= 0.3 is 6.09 Å². The molecule has 2 atom stereocenters. The van der Waals surface area contributed by atoms with Crippen LogP contribution in [-0.2, 0) is 4.74 Å². The number of rotatable bonds is 3. The van der Waals surface area contributed by atoms with Crippen LogP contribution < -0.4 is 0 Å². The second-order valence-corrected chi connectivity index (χ2v) is 8.19. The molecule has 2 aliphatic heterocycles. The molecule has 0 aromatic heterocycles. The van der Waals surface area contributed by atoms with Crippen molar-refractivity contribution in [3.63, 3.8) is 0 Å². The minimum Gasteiger partial charge on any atom is -0.448 e. The average molecular weight is 371 g/mol. The van der Waals surface area contributed by atoms with E-state index in [0.29, 0.717) is 6.61 Å². The number of nitrogens with zero attached hydrogens (tertiary/aromatic N) is 1. The lowest BCUT2D eigenvalue weighted by Gasteiger charge is -2.33. The molecule has 2 aromatic rings. The summed E-state index contributed by atoms with van der Waals surface area (Å²) in [6.45, 7) is 6.51. The monoisotopic (exact) mass is 371 g/mol. The van der Waals surface area contributed by atoms with E-state index in [2.05, 4.69) is 61.2 Å². The van der Waals surface area contributed by atoms with Crippen LogP contribution in [-0.4, -0.2) is 29.7 Å². The maximum absolute atomic E-state index is 13.0. The molecule has 1 saturated heterocycles. The minimum absolute atomic E-state index is 0.111. The van der Waals surface area contributed by atoms with Gasteiger partial charge in [0.2, 0.25) is 0 Å². The smallest absolute Gasteiger partial charge is 0.410 e. The molecule has 3 heteroatoms. The van der Waals surface area contributed by atoms with Gasteiger partial charge in [-0.3, -0.25) is 4.90 Å². The van der Waals surface area contributed by atoms with Gasteiger partial charge < -0.3 is 4.74 Å². The first kappa shape index (κ1) is 17.3. The molecular weight excluding hydrogens is 346 g/mol. The Morgan fingerprint density at radius 2 is 1.71 bits per heavy atom. The number of fused-ring (bicyclic) bond motifs is 5. The van der Waals surface area contributed by atoms with E-state index in [9.17, 15) is 4.79 Å². The SMILES string of the molecule is C=C(C)C1=CC2CCC(C1)N2C(=O)OCC1c2ccccc2-c2ccccc21. The predicted octanol–water partition coefficient (Wildman–Crippen LogP) is 5.67. The van der Waals surface area contributed by atoms with Crippen molar-refractivity contribution in [3.05, 3.63) is 83.5 Å². The van der Waals surface area contributed by atoms with Crippen molar-refractivity contribution >= 4 is 6.09 Å². The molecule has 0 N–H and O–H groups in total. The van der Waals surface area contributed by atoms with E-state index in [4.69, 9.17) is 4.74 Å². The molecule has 2 bridgehead atoms. The van der Waals surface area contributed by atoms with Crippen LogP contribution in [0.25, 0.3) is 11.1 Å². The van der Waals surface area contributed by atoms with Gasteiger partial charge in [-0.15, -0.1) is 0 Å². The topological polar surface area (TPSA) is 29.5 Å². The van der Waals surface area contributed by atoms with E-state index in [0.717, 1.165) is 24.8 Å². The fraction of sp³-hybridized carbons (Fsp3) is 0.320. The van der Waals surface area contributed by atoms with Gasteiger partial charge in [-0.25, -0.2) is 4.79 Å². The molecular formula is C25H25NO2. The zero-order chi connectivity index (χ0) is 19.3. The number of carbonyl (C=O) groups excluding carboxylic acids is 1. The molecule has 1 aliphatic carbocycles. The summed E-state index contributed by atoms with van der Waals surface area (Å²) in [6, 6.07) is 17.3. The number of hydrogen-bond acceptors (Lipinski definition) is 2. The molecule has 2 heterocycles. The fourth-order valence-corrected chi connectivity index (χ4v) is 5.10. The van der Waals surface area contributed by atoms with Crippen LogP contribution in [0, 0.1) is 0 Å². The van der Waals surface area contributed by atoms with Gasteiger partial charge in [0, 0.05) is 12.0 Å². The Bertz CT molecular complexity index is 944. The summed E-state index contributed by atoms with van der Waals surface area (Å²) in [4.78, 5) is 14.9. The van der Waals surface area contributed by atoms with Gasteiger partial charge in [0.25, 0.3) is 0 Å². The largest absolute Gasteiger partial charge is 0.448 e. The zero-order valence-electron chi connectivity index (χ0n) is 16.2. The molecule has 0 spiro atoms. The van der Waals surface area contributed by atoms with Crippen molar-refractivity contribution in [1.29, 1.82) is 0 Å². The molecule has 1 amide bonds. The van der Waals surface area contributed by atoms with Crippen molar-refractivity contribution in [3.8, 4) is 11.1 Å². The second-order valence-electron chi connectivity index (χ2n) is 8.19. The van der Waals surface area contributed by atoms with Crippen LogP contribution >= 0.6 is 0 Å². The molecule has 142 valence electrons. The highest BCUT2D eigenvalue weighted by Gasteiger charge is 2.41. The molecule has 0 radical (unpaired) electrons. The van der Waals surface area contributed by atoms with E-state index in [1.54, 1.807) is 0 Å². The van der Waals surface area contributed by atoms with Crippen LogP contribution in [0.2, 0.25) is 0 Å². The molecule has 0 saturated carbocycles. The highest BCUT2D eigenvalue weighted by Crippen LogP contribution is 2.45. The van der Waals surface area contributed by atoms with E-state index < -0.39 is 0 Å². The lowest BCUT2D eigenvalue weighted by atomic mass is 9.97. The highest BCUT2D eigenvalue weighted by atomic mass is 16.6. The summed E-state index contributed by atoms with van der Waals surface area (Å²) in [5.74, 6) is 0.111. The van der Waals surface area contributed by atoms with Crippen molar-refractivity contribution in [1.82, 2.24) is 4.90 Å². The number of amides is 1. The molecule has 3 aliphatic rings. The highest BCUT2D eigenvalue weighted by molar-refractivity contribution is 5.79. The van der Waals surface area contributed by atoms with Crippen LogP contribution in [0.5, 0.6) is 0 Å². The van der Waals surface area contributed by atoms with E-state index >= 15 is 0 Å². The molecule has 3 nitrogen and oxygen atoms in total. The van der Waals surface area contributed by atoms with E-state index in [1.165, 1.54) is 27.8 Å². The maximum atomic E-state index is 13.0. The quantitative estimate of drug-likeness (QED) is 0.695. The Hall–Kier alpha value is -2.81. The average Bonchev–Trinajstić information content (AvgIpc) is 3.17. The summed E-state index contributed by atoms with van der Waals surface area (Å²) in [5, 5.41) is 0. The summed E-state index contributed by atoms with van der Waals surface area (Å²) in [7, 11) is 0. The predicted molar refractivity (Wildman–Crippen MR) is 111 cm³/mol. The van der Waals surface area contributed by atoms with Gasteiger partial charge in [0.15, 0.2) is 0 Å². The summed E-state index contributed by atoms with van der Waals surface area (Å²) >= 11 is 0. The van der Waals surface area contributed by atoms with Crippen LogP contribution in [0.3, 0.4) is 0 Å². The minimum atomic E-state index is -0.175. The lowest BCUT2D eigenvalue weighted by molar-refractivity contribution is 0.0853. The zero-order valence-corrected chi connectivity index (χ0v) is 16.2. The normalized spacial score (nSPS) is 22.5. The van der Waals surface area contributed by atoms with E-state index in [-0.39, 0.29) is 24.1 Å². The van der Waals surface area contributed by atoms with Crippen molar-refractivity contribution in [2.75, 3.05) is 6.61 Å². The summed E-state index contributed by atoms with van der Waals surface area (Å²) < 4.78 is 5.89. The molecule has 5 rings (SSSR count). The first-order chi connectivity index (χ1) is 13.6.